The zero-order chi connectivity index (χ0) is 35.6. The summed E-state index contributed by atoms with van der Waals surface area (Å²) in [5, 5.41) is 5.39. The maximum Gasteiger partial charge on any atom is -1.00 e. The maximum absolute atomic E-state index is 2.71. The Labute approximate surface area is 344 Å². The van der Waals surface area contributed by atoms with E-state index in [1.54, 1.807) is 22.3 Å². The Morgan fingerprint density at radius 2 is 0.852 bits per heavy atom. The minimum atomic E-state index is -2.31. The van der Waals surface area contributed by atoms with Gasteiger partial charge in [-0.05, 0) is 0 Å². The molecular formula is C50H52Cl2SiZr. The Balaban J connectivity index is 0.00000249. The van der Waals surface area contributed by atoms with Crippen LogP contribution < -0.4 is 24.8 Å². The van der Waals surface area contributed by atoms with Gasteiger partial charge in [0.25, 0.3) is 0 Å². The molecule has 2 aliphatic carbocycles. The van der Waals surface area contributed by atoms with Crippen LogP contribution in [0.25, 0.3) is 56.0 Å². The predicted octanol–water partition coefficient (Wildman–Crippen LogP) is 8.94. The smallest absolute Gasteiger partial charge is 1.00 e. The number of unbranched alkanes of at least 4 members (excludes halogenated alkanes) is 4. The largest absolute Gasteiger partial charge is 1.00 e. The molecule has 274 valence electrons. The monoisotopic (exact) mass is 840 g/mol. The van der Waals surface area contributed by atoms with Gasteiger partial charge in [0, 0.05) is 0 Å². The molecule has 0 aromatic heterocycles. The minimum absolute atomic E-state index is 0. The van der Waals surface area contributed by atoms with Crippen LogP contribution in [0.15, 0.2) is 132 Å². The van der Waals surface area contributed by atoms with Crippen molar-refractivity contribution in [3.05, 3.63) is 155 Å². The van der Waals surface area contributed by atoms with Gasteiger partial charge in [-0.1, -0.05) is 0 Å². The molecule has 2 atom stereocenters. The van der Waals surface area contributed by atoms with Crippen LogP contribution in [0.2, 0.25) is 13.1 Å². The SMILES string of the molecule is CCCCCC1=Cc2c(-c3cccc4ccccc34)cccc2[CH]1[Zr+2]([CH]1C(CCCCC)=Cc2c(-c3cccc4ccccc34)cccc21)=[Si](C)C.[Cl-].[Cl-]. The van der Waals surface area contributed by atoms with Crippen LogP contribution in [0.5, 0.6) is 0 Å². The molecule has 0 saturated carbocycles. The summed E-state index contributed by atoms with van der Waals surface area (Å²) in [6.07, 6.45) is 15.7. The zero-order valence-electron chi connectivity index (χ0n) is 32.3. The van der Waals surface area contributed by atoms with Gasteiger partial charge in [-0.25, -0.2) is 0 Å². The van der Waals surface area contributed by atoms with E-state index in [1.807, 2.05) is 0 Å². The van der Waals surface area contributed by atoms with Crippen LogP contribution in [-0.4, -0.2) is 5.43 Å². The van der Waals surface area contributed by atoms with Crippen molar-refractivity contribution in [2.45, 2.75) is 85.6 Å². The van der Waals surface area contributed by atoms with E-state index in [0.29, 0.717) is 7.25 Å². The van der Waals surface area contributed by atoms with E-state index in [0.717, 1.165) is 0 Å². The molecule has 6 aromatic rings. The van der Waals surface area contributed by atoms with Crippen molar-refractivity contribution >= 4 is 39.1 Å². The summed E-state index contributed by atoms with van der Waals surface area (Å²) < 4.78 is 1.28. The topological polar surface area (TPSA) is 0 Å². The molecule has 0 heterocycles. The molecule has 0 amide bonds. The van der Waals surface area contributed by atoms with Crippen molar-refractivity contribution in [3.63, 3.8) is 0 Å². The van der Waals surface area contributed by atoms with E-state index in [-0.39, 0.29) is 24.8 Å². The molecule has 0 bridgehead atoms. The summed E-state index contributed by atoms with van der Waals surface area (Å²) in [4.78, 5) is 0. The van der Waals surface area contributed by atoms with Crippen molar-refractivity contribution in [1.82, 2.24) is 0 Å². The Hall–Kier alpha value is -3.00. The first-order chi connectivity index (χ1) is 25.6. The van der Waals surface area contributed by atoms with Crippen molar-refractivity contribution in [1.29, 1.82) is 0 Å². The molecule has 0 spiro atoms. The van der Waals surface area contributed by atoms with E-state index < -0.39 is 25.8 Å². The number of hydrogen-bond acceptors (Lipinski definition) is 0. The molecule has 0 saturated heterocycles. The second kappa shape index (κ2) is 18.3. The molecule has 0 radical (unpaired) electrons. The van der Waals surface area contributed by atoms with Gasteiger partial charge in [0.15, 0.2) is 0 Å². The third kappa shape index (κ3) is 7.71. The van der Waals surface area contributed by atoms with Crippen molar-refractivity contribution in [2.75, 3.05) is 0 Å². The summed E-state index contributed by atoms with van der Waals surface area (Å²) in [6, 6.07) is 46.4. The first-order valence-electron chi connectivity index (χ1n) is 19.9. The quantitative estimate of drug-likeness (QED) is 0.0854. The van der Waals surface area contributed by atoms with Gasteiger partial charge in [-0.2, -0.15) is 0 Å². The molecule has 0 N–H and O–H groups in total. The molecule has 54 heavy (non-hydrogen) atoms. The van der Waals surface area contributed by atoms with Gasteiger partial charge in [0.2, 0.25) is 0 Å². The second-order valence-corrected chi connectivity index (χ2v) is 33.2. The molecule has 2 aliphatic rings. The third-order valence-electron chi connectivity index (χ3n) is 11.8. The summed E-state index contributed by atoms with van der Waals surface area (Å²) in [5.41, 5.74) is 15.0. The van der Waals surface area contributed by atoms with Crippen LogP contribution in [0.4, 0.5) is 0 Å². The summed E-state index contributed by atoms with van der Waals surface area (Å²) in [7, 11) is 0. The molecule has 0 nitrogen and oxygen atoms in total. The van der Waals surface area contributed by atoms with E-state index in [1.165, 1.54) is 106 Å². The summed E-state index contributed by atoms with van der Waals surface area (Å²) in [6.45, 7) is 10.1. The number of hydrogen-bond donors (Lipinski definition) is 0. The second-order valence-electron chi connectivity index (χ2n) is 15.3. The van der Waals surface area contributed by atoms with E-state index >= 15 is 0 Å². The first kappa shape index (κ1) is 40.7. The van der Waals surface area contributed by atoms with Crippen molar-refractivity contribution in [3.8, 4) is 22.3 Å². The standard InChI is InChI=1S/2C24H23.C2H6Si.2ClH.Zr/c2*1-2-3-4-9-18-16-20-12-8-15-23(24(20)17-18)22-14-7-11-19-10-5-6-13-21(19)22;1-3-2;;;/h2*5-8,10-17H,2-4,9H2,1H3;1-2H3;2*1H;/q;;;;;+2/p-2. The Morgan fingerprint density at radius 1 is 0.463 bits per heavy atom. The van der Waals surface area contributed by atoms with Crippen LogP contribution in [0.1, 0.15) is 94.7 Å². The third-order valence-corrected chi connectivity index (χ3v) is 31.3. The van der Waals surface area contributed by atoms with Crippen LogP contribution in [0.3, 0.4) is 0 Å². The van der Waals surface area contributed by atoms with Gasteiger partial charge >= 0.3 is 322 Å². The average Bonchev–Trinajstić information content (AvgIpc) is 3.73. The molecule has 0 fully saturated rings. The number of allylic oxidation sites excluding steroid dienone is 2. The van der Waals surface area contributed by atoms with Crippen molar-refractivity contribution < 1.29 is 45.2 Å². The molecule has 2 unspecified atom stereocenters. The number of fused-ring (bicyclic) bond motifs is 4. The molecule has 0 aliphatic heterocycles. The minimum Gasteiger partial charge on any atom is -1.00 e. The van der Waals surface area contributed by atoms with Gasteiger partial charge in [0.05, 0.1) is 0 Å². The fourth-order valence-electron chi connectivity index (χ4n) is 9.39. The Morgan fingerprint density at radius 3 is 1.28 bits per heavy atom. The van der Waals surface area contributed by atoms with Crippen LogP contribution in [0, 0.1) is 0 Å². The molecular weight excluding hydrogens is 791 g/mol. The Bertz CT molecular complexity index is 2210. The van der Waals surface area contributed by atoms with Crippen molar-refractivity contribution in [2.24, 2.45) is 0 Å². The van der Waals surface area contributed by atoms with Gasteiger partial charge in [0.1, 0.15) is 0 Å². The average molecular weight is 843 g/mol. The number of rotatable bonds is 12. The fraction of sp³-hybridized carbons (Fsp3) is 0.280. The summed E-state index contributed by atoms with van der Waals surface area (Å²) in [5.74, 6) is 0. The Kier molecular flexibility index (Phi) is 13.8. The van der Waals surface area contributed by atoms with Crippen LogP contribution in [-0.2, 0) is 20.4 Å². The van der Waals surface area contributed by atoms with Crippen LogP contribution >= 0.6 is 0 Å². The number of halogens is 2. The van der Waals surface area contributed by atoms with Gasteiger partial charge in [-0.3, -0.25) is 0 Å². The molecule has 4 heteroatoms. The first-order valence-corrected chi connectivity index (χ1v) is 28.9. The van der Waals surface area contributed by atoms with E-state index in [9.17, 15) is 0 Å². The van der Waals surface area contributed by atoms with Gasteiger partial charge in [-0.15, -0.1) is 0 Å². The van der Waals surface area contributed by atoms with Gasteiger partial charge < -0.3 is 24.8 Å². The fourth-order valence-corrected chi connectivity index (χ4v) is 29.9. The van der Waals surface area contributed by atoms with E-state index in [4.69, 9.17) is 0 Å². The predicted molar refractivity (Wildman–Crippen MR) is 226 cm³/mol. The maximum atomic E-state index is 2.71. The normalized spacial score (nSPS) is 15.4. The molecule has 6 aromatic carbocycles. The zero-order valence-corrected chi connectivity index (χ0v) is 37.2. The summed E-state index contributed by atoms with van der Waals surface area (Å²) >= 11 is -2.31. The molecule has 8 rings (SSSR count). The van der Waals surface area contributed by atoms with E-state index in [2.05, 4.69) is 160 Å². The number of benzene rings is 6.